The van der Waals surface area contributed by atoms with Crippen molar-refractivity contribution in [1.29, 1.82) is 0 Å². The van der Waals surface area contributed by atoms with Crippen molar-refractivity contribution in [3.05, 3.63) is 28.8 Å². The molecule has 0 aromatic heterocycles. The van der Waals surface area contributed by atoms with Crippen molar-refractivity contribution in [2.24, 2.45) is 0 Å². The highest BCUT2D eigenvalue weighted by Gasteiger charge is 2.19. The molecule has 0 spiro atoms. The van der Waals surface area contributed by atoms with Gasteiger partial charge in [-0.05, 0) is 61.9 Å². The fourth-order valence-electron chi connectivity index (χ4n) is 2.41. The second kappa shape index (κ2) is 5.52. The molecule has 1 aromatic carbocycles. The standard InChI is InChI=1S/C14H22O3/c1-8-5-12(16)6-9(2)14(8)10(3)7-13(17)11(4)15/h5-6,10-11,13,15-17H,7H2,1-4H3. The molecule has 0 fully saturated rings. The highest BCUT2D eigenvalue weighted by Crippen LogP contribution is 2.30. The van der Waals surface area contributed by atoms with E-state index in [0.717, 1.165) is 16.7 Å². The van der Waals surface area contributed by atoms with Gasteiger partial charge in [-0.15, -0.1) is 0 Å². The smallest absolute Gasteiger partial charge is 0.116 e. The van der Waals surface area contributed by atoms with Crippen LogP contribution in [0.3, 0.4) is 0 Å². The number of phenolic OH excluding ortho intramolecular Hbond substituents is 1. The van der Waals surface area contributed by atoms with Gasteiger partial charge in [0.2, 0.25) is 0 Å². The average molecular weight is 238 g/mol. The predicted octanol–water partition coefficient (Wildman–Crippen LogP) is 2.24. The van der Waals surface area contributed by atoms with Gasteiger partial charge in [-0.25, -0.2) is 0 Å². The van der Waals surface area contributed by atoms with Crippen molar-refractivity contribution in [3.63, 3.8) is 0 Å². The second-order valence-electron chi connectivity index (χ2n) is 4.94. The Bertz CT molecular complexity index is 362. The zero-order chi connectivity index (χ0) is 13.2. The summed E-state index contributed by atoms with van der Waals surface area (Å²) in [6.07, 6.45) is -0.905. The third-order valence-corrected chi connectivity index (χ3v) is 3.22. The van der Waals surface area contributed by atoms with Gasteiger partial charge >= 0.3 is 0 Å². The van der Waals surface area contributed by atoms with Crippen LogP contribution in [0.25, 0.3) is 0 Å². The Morgan fingerprint density at radius 3 is 1.94 bits per heavy atom. The lowest BCUT2D eigenvalue weighted by Gasteiger charge is -2.22. The molecule has 3 heteroatoms. The van der Waals surface area contributed by atoms with Crippen molar-refractivity contribution in [2.45, 2.75) is 52.2 Å². The minimum absolute atomic E-state index is 0.153. The first-order valence-electron chi connectivity index (χ1n) is 5.99. The maximum Gasteiger partial charge on any atom is 0.116 e. The molecule has 0 radical (unpaired) electrons. The summed E-state index contributed by atoms with van der Waals surface area (Å²) in [5.74, 6) is 0.423. The number of aryl methyl sites for hydroxylation is 2. The normalized spacial score (nSPS) is 16.6. The Labute approximate surface area is 103 Å². The lowest BCUT2D eigenvalue weighted by Crippen LogP contribution is -2.24. The van der Waals surface area contributed by atoms with Gasteiger partial charge in [0.15, 0.2) is 0 Å². The van der Waals surface area contributed by atoms with Crippen LogP contribution in [0.1, 0.15) is 42.9 Å². The van der Waals surface area contributed by atoms with E-state index in [1.165, 1.54) is 0 Å². The molecule has 96 valence electrons. The van der Waals surface area contributed by atoms with Crippen molar-refractivity contribution in [1.82, 2.24) is 0 Å². The van der Waals surface area contributed by atoms with Crippen molar-refractivity contribution >= 4 is 0 Å². The number of aliphatic hydroxyl groups is 2. The summed E-state index contributed by atoms with van der Waals surface area (Å²) in [7, 11) is 0. The molecule has 0 bridgehead atoms. The second-order valence-corrected chi connectivity index (χ2v) is 4.94. The van der Waals surface area contributed by atoms with E-state index in [4.69, 9.17) is 0 Å². The Morgan fingerprint density at radius 2 is 1.53 bits per heavy atom. The van der Waals surface area contributed by atoms with E-state index in [-0.39, 0.29) is 11.7 Å². The highest BCUT2D eigenvalue weighted by molar-refractivity contribution is 5.42. The van der Waals surface area contributed by atoms with E-state index < -0.39 is 12.2 Å². The van der Waals surface area contributed by atoms with Crippen LogP contribution >= 0.6 is 0 Å². The summed E-state index contributed by atoms with van der Waals surface area (Å²) in [6, 6.07) is 3.46. The monoisotopic (exact) mass is 238 g/mol. The van der Waals surface area contributed by atoms with Crippen molar-refractivity contribution in [3.8, 4) is 5.75 Å². The van der Waals surface area contributed by atoms with Crippen LogP contribution in [0.5, 0.6) is 5.75 Å². The maximum absolute atomic E-state index is 9.70. The number of hydrogen-bond donors (Lipinski definition) is 3. The largest absolute Gasteiger partial charge is 0.508 e. The molecule has 0 heterocycles. The van der Waals surface area contributed by atoms with Gasteiger partial charge < -0.3 is 15.3 Å². The van der Waals surface area contributed by atoms with Crippen LogP contribution in [-0.4, -0.2) is 27.5 Å². The molecule has 0 amide bonds. The molecule has 0 saturated heterocycles. The molecule has 3 N–H and O–H groups in total. The molecule has 1 aromatic rings. The molecule has 0 aliphatic heterocycles. The van der Waals surface area contributed by atoms with Crippen molar-refractivity contribution < 1.29 is 15.3 Å². The quantitative estimate of drug-likeness (QED) is 0.754. The zero-order valence-corrected chi connectivity index (χ0v) is 10.9. The van der Waals surface area contributed by atoms with Crippen LogP contribution in [0.4, 0.5) is 0 Å². The Balaban J connectivity index is 2.93. The van der Waals surface area contributed by atoms with E-state index >= 15 is 0 Å². The molecule has 0 saturated carbocycles. The van der Waals surface area contributed by atoms with Gasteiger partial charge in [0, 0.05) is 0 Å². The van der Waals surface area contributed by atoms with Crippen LogP contribution in [0.2, 0.25) is 0 Å². The van der Waals surface area contributed by atoms with Crippen molar-refractivity contribution in [2.75, 3.05) is 0 Å². The maximum atomic E-state index is 9.70. The number of aliphatic hydroxyl groups excluding tert-OH is 2. The summed E-state index contributed by atoms with van der Waals surface area (Å²) in [4.78, 5) is 0. The first-order valence-corrected chi connectivity index (χ1v) is 5.99. The molecule has 3 atom stereocenters. The summed E-state index contributed by atoms with van der Waals surface area (Å²) >= 11 is 0. The van der Waals surface area contributed by atoms with Crippen LogP contribution in [0, 0.1) is 13.8 Å². The molecule has 3 nitrogen and oxygen atoms in total. The van der Waals surface area contributed by atoms with E-state index in [1.54, 1.807) is 19.1 Å². The highest BCUT2D eigenvalue weighted by atomic mass is 16.3. The lowest BCUT2D eigenvalue weighted by atomic mass is 9.87. The van der Waals surface area contributed by atoms with Gasteiger partial charge in [-0.1, -0.05) is 6.92 Å². The summed E-state index contributed by atoms with van der Waals surface area (Å²) in [5, 5.41) is 28.5. The Hall–Kier alpha value is -1.06. The third kappa shape index (κ3) is 3.45. The van der Waals surface area contributed by atoms with E-state index in [0.29, 0.717) is 6.42 Å². The number of hydrogen-bond acceptors (Lipinski definition) is 3. The first-order chi connectivity index (χ1) is 7.82. The fraction of sp³-hybridized carbons (Fsp3) is 0.571. The lowest BCUT2D eigenvalue weighted by molar-refractivity contribution is 0.0226. The molecule has 1 rings (SSSR count). The van der Waals surface area contributed by atoms with E-state index in [9.17, 15) is 15.3 Å². The molecular formula is C14H22O3. The predicted molar refractivity (Wildman–Crippen MR) is 68.3 cm³/mol. The van der Waals surface area contributed by atoms with E-state index in [2.05, 4.69) is 0 Å². The molecule has 0 aliphatic carbocycles. The van der Waals surface area contributed by atoms with Gasteiger partial charge in [0.05, 0.1) is 12.2 Å². The van der Waals surface area contributed by atoms with E-state index in [1.807, 2.05) is 20.8 Å². The topological polar surface area (TPSA) is 60.7 Å². The van der Waals surface area contributed by atoms with Crippen LogP contribution < -0.4 is 0 Å². The fourth-order valence-corrected chi connectivity index (χ4v) is 2.41. The summed E-state index contributed by atoms with van der Waals surface area (Å²) in [5.41, 5.74) is 3.18. The average Bonchev–Trinajstić information content (AvgIpc) is 2.15. The summed E-state index contributed by atoms with van der Waals surface area (Å²) in [6.45, 7) is 7.52. The van der Waals surface area contributed by atoms with Gasteiger partial charge in [-0.3, -0.25) is 0 Å². The zero-order valence-electron chi connectivity index (χ0n) is 10.9. The first kappa shape index (κ1) is 14.0. The Kier molecular flexibility index (Phi) is 4.54. The SMILES string of the molecule is Cc1cc(O)cc(C)c1C(C)CC(O)C(C)O. The van der Waals surface area contributed by atoms with Crippen LogP contribution in [-0.2, 0) is 0 Å². The van der Waals surface area contributed by atoms with Gasteiger partial charge in [0.1, 0.15) is 5.75 Å². The molecular weight excluding hydrogens is 216 g/mol. The van der Waals surface area contributed by atoms with Crippen LogP contribution in [0.15, 0.2) is 12.1 Å². The molecule has 17 heavy (non-hydrogen) atoms. The number of rotatable bonds is 4. The van der Waals surface area contributed by atoms with Gasteiger partial charge in [0.25, 0.3) is 0 Å². The minimum atomic E-state index is -0.713. The number of phenols is 1. The Morgan fingerprint density at radius 1 is 1.06 bits per heavy atom. The number of aromatic hydroxyl groups is 1. The summed E-state index contributed by atoms with van der Waals surface area (Å²) < 4.78 is 0. The third-order valence-electron chi connectivity index (χ3n) is 3.22. The number of benzene rings is 1. The minimum Gasteiger partial charge on any atom is -0.508 e. The van der Waals surface area contributed by atoms with Gasteiger partial charge in [-0.2, -0.15) is 0 Å². The molecule has 0 aliphatic rings. The molecule has 3 unspecified atom stereocenters.